The first-order chi connectivity index (χ1) is 9.56. The lowest BCUT2D eigenvalue weighted by Crippen LogP contribution is -2.34. The molecule has 3 heteroatoms. The summed E-state index contributed by atoms with van der Waals surface area (Å²) in [5.74, 6) is 0.604. The molecule has 0 spiro atoms. The summed E-state index contributed by atoms with van der Waals surface area (Å²) in [7, 11) is 0. The summed E-state index contributed by atoms with van der Waals surface area (Å²) in [5.41, 5.74) is 3.05. The molecule has 1 aliphatic rings. The van der Waals surface area contributed by atoms with Crippen LogP contribution in [0, 0.1) is 13.8 Å². The van der Waals surface area contributed by atoms with Gasteiger partial charge in [-0.2, -0.15) is 0 Å². The summed E-state index contributed by atoms with van der Waals surface area (Å²) in [6, 6.07) is 6.03. The van der Waals surface area contributed by atoms with Gasteiger partial charge >= 0.3 is 0 Å². The number of hydrogen-bond donors (Lipinski definition) is 0. The molecule has 1 saturated heterocycles. The Morgan fingerprint density at radius 3 is 2.60 bits per heavy atom. The van der Waals surface area contributed by atoms with E-state index in [-0.39, 0.29) is 5.78 Å². The SMILES string of the molecule is Cc1ccc(C)c(C(=O)CCCN2CCC(=O)CC2)c1. The van der Waals surface area contributed by atoms with Crippen LogP contribution in [0.15, 0.2) is 18.2 Å². The van der Waals surface area contributed by atoms with E-state index in [1.54, 1.807) is 0 Å². The minimum Gasteiger partial charge on any atom is -0.302 e. The molecule has 1 fully saturated rings. The van der Waals surface area contributed by atoms with Crippen LogP contribution in [0.5, 0.6) is 0 Å². The number of Topliss-reactive ketones (excluding diaryl/α,β-unsaturated/α-hetero) is 2. The highest BCUT2D eigenvalue weighted by molar-refractivity contribution is 5.97. The minimum atomic E-state index is 0.235. The molecule has 1 heterocycles. The number of benzene rings is 1. The number of ketones is 2. The lowest BCUT2D eigenvalue weighted by molar-refractivity contribution is -0.121. The van der Waals surface area contributed by atoms with Crippen molar-refractivity contribution < 1.29 is 9.59 Å². The molecular weight excluding hydrogens is 250 g/mol. The number of hydrogen-bond acceptors (Lipinski definition) is 3. The van der Waals surface area contributed by atoms with Crippen molar-refractivity contribution in [3.63, 3.8) is 0 Å². The van der Waals surface area contributed by atoms with Crippen molar-refractivity contribution in [2.75, 3.05) is 19.6 Å². The summed E-state index contributed by atoms with van der Waals surface area (Å²) < 4.78 is 0. The number of piperidine rings is 1. The van der Waals surface area contributed by atoms with Gasteiger partial charge in [0.15, 0.2) is 5.78 Å². The minimum absolute atomic E-state index is 0.235. The first-order valence-corrected chi connectivity index (χ1v) is 7.41. The molecule has 1 aromatic rings. The number of likely N-dealkylation sites (tertiary alicyclic amines) is 1. The summed E-state index contributed by atoms with van der Waals surface area (Å²) in [5, 5.41) is 0. The molecule has 0 radical (unpaired) electrons. The highest BCUT2D eigenvalue weighted by Gasteiger charge is 2.16. The average Bonchev–Trinajstić information content (AvgIpc) is 2.43. The fourth-order valence-electron chi connectivity index (χ4n) is 2.66. The highest BCUT2D eigenvalue weighted by Crippen LogP contribution is 2.14. The highest BCUT2D eigenvalue weighted by atomic mass is 16.1. The van der Waals surface area contributed by atoms with E-state index in [1.165, 1.54) is 0 Å². The topological polar surface area (TPSA) is 37.4 Å². The van der Waals surface area contributed by atoms with Crippen molar-refractivity contribution in [1.29, 1.82) is 0 Å². The second kappa shape index (κ2) is 6.80. The zero-order valence-corrected chi connectivity index (χ0v) is 12.4. The van der Waals surface area contributed by atoms with Crippen LogP contribution in [0.4, 0.5) is 0 Å². The second-order valence-corrected chi connectivity index (χ2v) is 5.73. The Bertz CT molecular complexity index is 498. The summed E-state index contributed by atoms with van der Waals surface area (Å²) in [6.45, 7) is 6.64. The maximum atomic E-state index is 12.2. The van der Waals surface area contributed by atoms with Crippen molar-refractivity contribution in [3.05, 3.63) is 34.9 Å². The number of carbonyl (C=O) groups is 2. The molecule has 0 saturated carbocycles. The van der Waals surface area contributed by atoms with E-state index in [4.69, 9.17) is 0 Å². The summed E-state index contributed by atoms with van der Waals surface area (Å²) in [6.07, 6.45) is 2.81. The molecule has 0 bridgehead atoms. The normalized spacial score (nSPS) is 16.4. The Kier molecular flexibility index (Phi) is 5.07. The van der Waals surface area contributed by atoms with Crippen LogP contribution in [-0.2, 0) is 4.79 Å². The van der Waals surface area contributed by atoms with Crippen molar-refractivity contribution in [1.82, 2.24) is 4.90 Å². The predicted molar refractivity (Wildman–Crippen MR) is 80.2 cm³/mol. The molecule has 0 aromatic heterocycles. The van der Waals surface area contributed by atoms with Gasteiger partial charge in [-0.1, -0.05) is 17.7 Å². The Hall–Kier alpha value is -1.48. The first-order valence-electron chi connectivity index (χ1n) is 7.41. The molecule has 0 unspecified atom stereocenters. The van der Waals surface area contributed by atoms with Crippen molar-refractivity contribution in [3.8, 4) is 0 Å². The first kappa shape index (κ1) is 14.9. The number of aryl methyl sites for hydroxylation is 2. The van der Waals surface area contributed by atoms with Gasteiger partial charge in [0.05, 0.1) is 0 Å². The van der Waals surface area contributed by atoms with Gasteiger partial charge in [0, 0.05) is 37.9 Å². The monoisotopic (exact) mass is 273 g/mol. The zero-order chi connectivity index (χ0) is 14.5. The van der Waals surface area contributed by atoms with Crippen LogP contribution in [-0.4, -0.2) is 36.1 Å². The molecule has 1 aliphatic heterocycles. The lowest BCUT2D eigenvalue weighted by Gasteiger charge is -2.25. The molecule has 3 nitrogen and oxygen atoms in total. The molecule has 20 heavy (non-hydrogen) atoms. The third-order valence-corrected chi connectivity index (χ3v) is 3.99. The van der Waals surface area contributed by atoms with Crippen molar-refractivity contribution in [2.45, 2.75) is 39.5 Å². The quantitative estimate of drug-likeness (QED) is 0.774. The standard InChI is InChI=1S/C17H23NO2/c1-13-5-6-14(2)16(12-13)17(20)4-3-9-18-10-7-15(19)8-11-18/h5-6,12H,3-4,7-11H2,1-2H3. The maximum Gasteiger partial charge on any atom is 0.163 e. The van der Waals surface area contributed by atoms with Gasteiger partial charge in [-0.15, -0.1) is 0 Å². The number of rotatable bonds is 5. The Labute approximate surface area is 121 Å². The van der Waals surface area contributed by atoms with Gasteiger partial charge in [-0.3, -0.25) is 9.59 Å². The molecular formula is C17H23NO2. The lowest BCUT2D eigenvalue weighted by atomic mass is 9.99. The van der Waals surface area contributed by atoms with Gasteiger partial charge in [0.2, 0.25) is 0 Å². The molecule has 0 amide bonds. The van der Waals surface area contributed by atoms with E-state index in [1.807, 2.05) is 32.0 Å². The fourth-order valence-corrected chi connectivity index (χ4v) is 2.66. The fraction of sp³-hybridized carbons (Fsp3) is 0.529. The smallest absolute Gasteiger partial charge is 0.163 e. The zero-order valence-electron chi connectivity index (χ0n) is 12.4. The number of carbonyl (C=O) groups excluding carboxylic acids is 2. The predicted octanol–water partition coefficient (Wildman–Crippen LogP) is 2.93. The molecule has 0 aliphatic carbocycles. The van der Waals surface area contributed by atoms with Gasteiger partial charge < -0.3 is 4.90 Å². The molecule has 0 N–H and O–H groups in total. The van der Waals surface area contributed by atoms with Gasteiger partial charge in [0.25, 0.3) is 0 Å². The van der Waals surface area contributed by atoms with E-state index in [9.17, 15) is 9.59 Å². The maximum absolute atomic E-state index is 12.2. The Morgan fingerprint density at radius 1 is 1.20 bits per heavy atom. The van der Waals surface area contributed by atoms with Gasteiger partial charge in [-0.25, -0.2) is 0 Å². The van der Waals surface area contributed by atoms with Crippen LogP contribution in [0.25, 0.3) is 0 Å². The third kappa shape index (κ3) is 4.01. The second-order valence-electron chi connectivity index (χ2n) is 5.73. The van der Waals surface area contributed by atoms with Crippen LogP contribution in [0.2, 0.25) is 0 Å². The van der Waals surface area contributed by atoms with Gasteiger partial charge in [-0.05, 0) is 38.4 Å². The Morgan fingerprint density at radius 2 is 1.90 bits per heavy atom. The largest absolute Gasteiger partial charge is 0.302 e. The van der Waals surface area contributed by atoms with Crippen LogP contribution < -0.4 is 0 Å². The van der Waals surface area contributed by atoms with Crippen LogP contribution in [0.1, 0.15) is 47.2 Å². The van der Waals surface area contributed by atoms with E-state index >= 15 is 0 Å². The number of nitrogens with zero attached hydrogens (tertiary/aromatic N) is 1. The average molecular weight is 273 g/mol. The summed E-state index contributed by atoms with van der Waals surface area (Å²) in [4.78, 5) is 25.7. The Balaban J connectivity index is 1.80. The van der Waals surface area contributed by atoms with Crippen LogP contribution >= 0.6 is 0 Å². The van der Waals surface area contributed by atoms with E-state index in [0.29, 0.717) is 25.0 Å². The summed E-state index contributed by atoms with van der Waals surface area (Å²) >= 11 is 0. The van der Waals surface area contributed by atoms with E-state index < -0.39 is 0 Å². The van der Waals surface area contributed by atoms with Crippen molar-refractivity contribution in [2.24, 2.45) is 0 Å². The van der Waals surface area contributed by atoms with E-state index in [2.05, 4.69) is 4.90 Å². The van der Waals surface area contributed by atoms with E-state index in [0.717, 1.165) is 42.7 Å². The van der Waals surface area contributed by atoms with Crippen LogP contribution in [0.3, 0.4) is 0 Å². The molecule has 2 rings (SSSR count). The molecule has 0 atom stereocenters. The van der Waals surface area contributed by atoms with Crippen molar-refractivity contribution >= 4 is 11.6 Å². The van der Waals surface area contributed by atoms with Gasteiger partial charge in [0.1, 0.15) is 5.78 Å². The third-order valence-electron chi connectivity index (χ3n) is 3.99. The molecule has 108 valence electrons. The molecule has 1 aromatic carbocycles.